The van der Waals surface area contributed by atoms with Crippen LogP contribution in [0.3, 0.4) is 0 Å². The minimum Gasteiger partial charge on any atom is -0.585 e. The predicted octanol–water partition coefficient (Wildman–Crippen LogP) is 1.90. The molecule has 1 aromatic carbocycles. The van der Waals surface area contributed by atoms with Crippen LogP contribution in [0, 0.1) is 5.21 Å². The fourth-order valence-electron chi connectivity index (χ4n) is 1.57. The van der Waals surface area contributed by atoms with E-state index in [0.717, 1.165) is 5.69 Å². The fraction of sp³-hybridized carbons (Fsp3) is 0.273. The van der Waals surface area contributed by atoms with Crippen LogP contribution in [0.15, 0.2) is 42.6 Å². The lowest BCUT2D eigenvalue weighted by atomic mass is 10.1. The molecule has 1 aliphatic heterocycles. The Hall–Kier alpha value is -1.36. The average Bonchev–Trinajstić information content (AvgIpc) is 2.39. The van der Waals surface area contributed by atoms with Gasteiger partial charge in [-0.3, -0.25) is 0 Å². The van der Waals surface area contributed by atoms with Crippen LogP contribution < -0.4 is 10.9 Å². The highest BCUT2D eigenvalue weighted by Crippen LogP contribution is 2.33. The molecule has 0 aromatic heterocycles. The van der Waals surface area contributed by atoms with Gasteiger partial charge in [0.25, 0.3) is 0 Å². The summed E-state index contributed by atoms with van der Waals surface area (Å²) in [5.74, 6) is 5.78. The third-order valence-electron chi connectivity index (χ3n) is 2.79. The molecule has 0 spiro atoms. The second-order valence-corrected chi connectivity index (χ2v) is 4.27. The summed E-state index contributed by atoms with van der Waals surface area (Å²) in [5, 5.41) is 13.8. The van der Waals surface area contributed by atoms with Crippen LogP contribution in [-0.4, -0.2) is 10.4 Å². The number of hydroxylamine groups is 1. The number of para-hydroxylation sites is 1. The Balaban J connectivity index is 2.39. The van der Waals surface area contributed by atoms with E-state index in [4.69, 9.17) is 5.84 Å². The van der Waals surface area contributed by atoms with Crippen molar-refractivity contribution >= 4 is 5.69 Å². The van der Waals surface area contributed by atoms with Crippen LogP contribution in [0.2, 0.25) is 0 Å². The van der Waals surface area contributed by atoms with Gasteiger partial charge in [-0.25, -0.2) is 0 Å². The van der Waals surface area contributed by atoms with Gasteiger partial charge in [0.05, 0.1) is 11.9 Å². The highest BCUT2D eigenvalue weighted by Gasteiger charge is 2.43. The van der Waals surface area contributed by atoms with Crippen molar-refractivity contribution in [2.45, 2.75) is 19.4 Å². The summed E-state index contributed by atoms with van der Waals surface area (Å²) in [6.07, 6.45) is 3.56. The molecule has 1 aliphatic rings. The molecule has 2 rings (SSSR count). The van der Waals surface area contributed by atoms with Crippen LogP contribution in [-0.2, 0) is 0 Å². The van der Waals surface area contributed by atoms with Gasteiger partial charge in [-0.15, -0.1) is 0 Å². The van der Waals surface area contributed by atoms with E-state index in [2.05, 4.69) is 0 Å². The lowest BCUT2D eigenvalue weighted by Gasteiger charge is -2.47. The molecule has 1 unspecified atom stereocenters. The lowest BCUT2D eigenvalue weighted by molar-refractivity contribution is -0.930. The molecule has 4 nitrogen and oxygen atoms in total. The van der Waals surface area contributed by atoms with E-state index in [1.165, 1.54) is 5.01 Å². The quantitative estimate of drug-likeness (QED) is 0.433. The van der Waals surface area contributed by atoms with Crippen molar-refractivity contribution in [1.29, 1.82) is 0 Å². The van der Waals surface area contributed by atoms with Crippen LogP contribution in [0.4, 0.5) is 5.69 Å². The Labute approximate surface area is 89.3 Å². The van der Waals surface area contributed by atoms with Gasteiger partial charge in [0.2, 0.25) is 0 Å². The molecule has 2 N–H and O–H groups in total. The number of anilines is 1. The molecular formula is C11H15N3O. The maximum atomic E-state index is 12.3. The molecule has 0 fully saturated rings. The van der Waals surface area contributed by atoms with Gasteiger partial charge in [0, 0.05) is 6.08 Å². The van der Waals surface area contributed by atoms with E-state index < -0.39 is 10.4 Å². The Morgan fingerprint density at radius 3 is 2.33 bits per heavy atom. The normalized spacial score (nSPS) is 28.4. The van der Waals surface area contributed by atoms with Crippen molar-refractivity contribution in [3.63, 3.8) is 0 Å². The number of hydrogen-bond acceptors (Lipinski definition) is 3. The van der Waals surface area contributed by atoms with Crippen molar-refractivity contribution in [3.8, 4) is 0 Å². The van der Waals surface area contributed by atoms with Crippen LogP contribution in [0.25, 0.3) is 0 Å². The Morgan fingerprint density at radius 1 is 1.27 bits per heavy atom. The second-order valence-electron chi connectivity index (χ2n) is 4.27. The van der Waals surface area contributed by atoms with E-state index in [0.29, 0.717) is 0 Å². The summed E-state index contributed by atoms with van der Waals surface area (Å²) in [6.45, 7) is 3.64. The number of benzene rings is 1. The van der Waals surface area contributed by atoms with Gasteiger partial charge in [-0.2, -0.15) is 15.7 Å². The molecule has 1 atom stereocenters. The van der Waals surface area contributed by atoms with Crippen molar-refractivity contribution in [1.82, 2.24) is 0 Å². The summed E-state index contributed by atoms with van der Waals surface area (Å²) >= 11 is 0. The molecule has 1 heterocycles. The Morgan fingerprint density at radius 2 is 1.87 bits per heavy atom. The first-order valence-corrected chi connectivity index (χ1v) is 4.88. The maximum Gasteiger partial charge on any atom is 0.155 e. The molecule has 0 aliphatic carbocycles. The zero-order valence-corrected chi connectivity index (χ0v) is 8.92. The van der Waals surface area contributed by atoms with Crippen LogP contribution in [0.5, 0.6) is 0 Å². The first-order valence-electron chi connectivity index (χ1n) is 4.88. The standard InChI is InChI=1S/C11H15N3O/c1-11(2)8-9-13(14(11,12)15)10-6-4-3-5-7-10/h3-9H,12H2,1-2H3. The average molecular weight is 205 g/mol. The first-order chi connectivity index (χ1) is 6.95. The van der Waals surface area contributed by atoms with E-state index in [9.17, 15) is 5.21 Å². The second kappa shape index (κ2) is 3.06. The Kier molecular flexibility index (Phi) is 2.08. The highest BCUT2D eigenvalue weighted by molar-refractivity contribution is 5.47. The SMILES string of the molecule is CC1(C)C=CN(c2ccccc2)[N+]1(N)[O-]. The molecule has 80 valence electrons. The molecule has 1 aromatic rings. The van der Waals surface area contributed by atoms with Gasteiger partial charge in [-0.1, -0.05) is 18.2 Å². The van der Waals surface area contributed by atoms with Gasteiger partial charge in [0.1, 0.15) is 0 Å². The van der Waals surface area contributed by atoms with Gasteiger partial charge in [0.15, 0.2) is 5.54 Å². The molecule has 15 heavy (non-hydrogen) atoms. The molecule has 0 bridgehead atoms. The van der Waals surface area contributed by atoms with Gasteiger partial charge < -0.3 is 5.21 Å². The number of nitrogens with two attached hydrogens (primary N) is 1. The highest BCUT2D eigenvalue weighted by atomic mass is 16.6. The van der Waals surface area contributed by atoms with Crippen LogP contribution >= 0.6 is 0 Å². The molecular weight excluding hydrogens is 190 g/mol. The van der Waals surface area contributed by atoms with Crippen molar-refractivity contribution in [2.75, 3.05) is 5.01 Å². The molecule has 4 heteroatoms. The summed E-state index contributed by atoms with van der Waals surface area (Å²) in [4.78, 5) is -0.920. The summed E-state index contributed by atoms with van der Waals surface area (Å²) in [5.41, 5.74) is 0.173. The van der Waals surface area contributed by atoms with E-state index >= 15 is 0 Å². The minimum atomic E-state index is -0.920. The predicted molar refractivity (Wildman–Crippen MR) is 60.0 cm³/mol. The fourth-order valence-corrected chi connectivity index (χ4v) is 1.57. The van der Waals surface area contributed by atoms with Crippen LogP contribution in [0.1, 0.15) is 13.8 Å². The van der Waals surface area contributed by atoms with E-state index in [1.807, 2.05) is 50.3 Å². The summed E-state index contributed by atoms with van der Waals surface area (Å²) in [7, 11) is 0. The number of quaternary nitrogens is 1. The number of rotatable bonds is 1. The summed E-state index contributed by atoms with van der Waals surface area (Å²) < 4.78 is 0. The van der Waals surface area contributed by atoms with E-state index in [-0.39, 0.29) is 0 Å². The zero-order chi connectivity index (χ0) is 11.1. The molecule has 0 saturated carbocycles. The van der Waals surface area contributed by atoms with Crippen molar-refractivity contribution < 1.29 is 4.86 Å². The third kappa shape index (κ3) is 1.43. The lowest BCUT2D eigenvalue weighted by Crippen LogP contribution is -2.66. The third-order valence-corrected chi connectivity index (χ3v) is 2.79. The summed E-state index contributed by atoms with van der Waals surface area (Å²) in [6, 6.07) is 9.40. The zero-order valence-electron chi connectivity index (χ0n) is 8.92. The van der Waals surface area contributed by atoms with Gasteiger partial charge in [-0.05, 0) is 26.0 Å². The first kappa shape index (κ1) is 10.2. The van der Waals surface area contributed by atoms with Gasteiger partial charge >= 0.3 is 0 Å². The minimum absolute atomic E-state index is 0.629. The molecule has 0 radical (unpaired) electrons. The van der Waals surface area contributed by atoms with E-state index in [1.54, 1.807) is 6.20 Å². The Bertz CT molecular complexity index is 384. The topological polar surface area (TPSA) is 52.3 Å². The van der Waals surface area contributed by atoms with Crippen molar-refractivity contribution in [3.05, 3.63) is 47.8 Å². The number of hydrogen-bond donors (Lipinski definition) is 1. The van der Waals surface area contributed by atoms with Crippen molar-refractivity contribution in [2.24, 2.45) is 5.84 Å². The monoisotopic (exact) mass is 205 g/mol. The molecule has 0 saturated heterocycles. The number of nitrogens with zero attached hydrogens (tertiary/aromatic N) is 2. The largest absolute Gasteiger partial charge is 0.585 e. The smallest absolute Gasteiger partial charge is 0.155 e. The molecule has 0 amide bonds. The maximum absolute atomic E-state index is 12.3.